The second-order valence-corrected chi connectivity index (χ2v) is 6.56. The summed E-state index contributed by atoms with van der Waals surface area (Å²) in [5.41, 5.74) is 2.31. The van der Waals surface area contributed by atoms with E-state index in [0.717, 1.165) is 11.3 Å². The van der Waals surface area contributed by atoms with Gasteiger partial charge in [0.15, 0.2) is 0 Å². The van der Waals surface area contributed by atoms with Gasteiger partial charge in [-0.3, -0.25) is 4.79 Å². The highest BCUT2D eigenvalue weighted by molar-refractivity contribution is 6.33. The first-order valence-corrected chi connectivity index (χ1v) is 9.09. The number of benzene rings is 2. The van der Waals surface area contributed by atoms with Crippen LogP contribution >= 0.6 is 11.6 Å². The van der Waals surface area contributed by atoms with Crippen molar-refractivity contribution in [1.29, 1.82) is 0 Å². The van der Waals surface area contributed by atoms with Gasteiger partial charge in [-0.1, -0.05) is 47.1 Å². The smallest absolute Gasteiger partial charge is 0.257 e. The number of hydrogen-bond donors (Lipinski definition) is 1. The molecule has 0 bridgehead atoms. The number of ether oxygens (including phenoxy) is 2. The van der Waals surface area contributed by atoms with Gasteiger partial charge in [0, 0.05) is 19.2 Å². The number of aryl methyl sites for hydroxylation is 1. The van der Waals surface area contributed by atoms with Gasteiger partial charge in [0.05, 0.1) is 18.2 Å². The lowest BCUT2D eigenvalue weighted by atomic mass is 10.0. The van der Waals surface area contributed by atoms with Crippen molar-refractivity contribution in [3.8, 4) is 17.0 Å². The lowest BCUT2D eigenvalue weighted by molar-refractivity contribution is 0.0826. The summed E-state index contributed by atoms with van der Waals surface area (Å²) in [7, 11) is 3.20. The van der Waals surface area contributed by atoms with Crippen LogP contribution in [-0.4, -0.2) is 31.8 Å². The summed E-state index contributed by atoms with van der Waals surface area (Å²) in [5, 5.41) is 7.42. The van der Waals surface area contributed by atoms with Gasteiger partial charge in [-0.25, -0.2) is 0 Å². The molecule has 0 spiro atoms. The van der Waals surface area contributed by atoms with Crippen LogP contribution in [-0.2, 0) is 4.74 Å². The number of aromatic nitrogens is 1. The predicted molar refractivity (Wildman–Crippen MR) is 107 cm³/mol. The minimum absolute atomic E-state index is 0.273. The lowest BCUT2D eigenvalue weighted by Crippen LogP contribution is -2.29. The minimum Gasteiger partial charge on any atom is -0.497 e. The molecule has 2 aromatic carbocycles. The molecule has 28 heavy (non-hydrogen) atoms. The molecule has 0 radical (unpaired) electrons. The average molecular weight is 401 g/mol. The fourth-order valence-electron chi connectivity index (χ4n) is 2.93. The molecule has 1 aromatic heterocycles. The predicted octanol–water partition coefficient (Wildman–Crippen LogP) is 4.43. The van der Waals surface area contributed by atoms with E-state index in [0.29, 0.717) is 27.6 Å². The number of hydrogen-bond acceptors (Lipinski definition) is 5. The molecule has 0 aliphatic rings. The summed E-state index contributed by atoms with van der Waals surface area (Å²) in [4.78, 5) is 12.9. The van der Waals surface area contributed by atoms with Gasteiger partial charge in [0.2, 0.25) is 0 Å². The normalized spacial score (nSPS) is 11.9. The maximum Gasteiger partial charge on any atom is 0.257 e. The average Bonchev–Trinajstić information content (AvgIpc) is 3.10. The van der Waals surface area contributed by atoms with Crippen LogP contribution in [0, 0.1) is 6.92 Å². The van der Waals surface area contributed by atoms with E-state index in [1.54, 1.807) is 33.3 Å². The molecule has 1 atom stereocenters. The van der Waals surface area contributed by atoms with Crippen LogP contribution in [0.2, 0.25) is 5.02 Å². The molecular weight excluding hydrogens is 380 g/mol. The Morgan fingerprint density at radius 1 is 1.21 bits per heavy atom. The molecular formula is C21H21ClN2O4. The third-order valence-electron chi connectivity index (χ3n) is 4.42. The van der Waals surface area contributed by atoms with E-state index in [-0.39, 0.29) is 18.6 Å². The van der Waals surface area contributed by atoms with Crippen LogP contribution in [0.5, 0.6) is 5.75 Å². The Bertz CT molecular complexity index is 971. The van der Waals surface area contributed by atoms with E-state index < -0.39 is 0 Å². The largest absolute Gasteiger partial charge is 0.497 e. The lowest BCUT2D eigenvalue weighted by Gasteiger charge is -2.17. The van der Waals surface area contributed by atoms with E-state index in [4.69, 9.17) is 25.6 Å². The van der Waals surface area contributed by atoms with E-state index >= 15 is 0 Å². The third kappa shape index (κ3) is 4.18. The first-order valence-electron chi connectivity index (χ1n) is 8.71. The number of methoxy groups -OCH3 is 2. The second-order valence-electron chi connectivity index (χ2n) is 6.15. The van der Waals surface area contributed by atoms with Crippen molar-refractivity contribution in [2.24, 2.45) is 0 Å². The van der Waals surface area contributed by atoms with E-state index in [1.807, 2.05) is 36.4 Å². The molecule has 7 heteroatoms. The van der Waals surface area contributed by atoms with Crippen LogP contribution in [0.3, 0.4) is 0 Å². The highest BCUT2D eigenvalue weighted by Gasteiger charge is 2.24. The number of amides is 1. The van der Waals surface area contributed by atoms with Crippen molar-refractivity contribution in [3.63, 3.8) is 0 Å². The summed E-state index contributed by atoms with van der Waals surface area (Å²) in [6.45, 7) is 1.97. The third-order valence-corrected chi connectivity index (χ3v) is 4.75. The standard InChI is InChI=1S/C21H21ClN2O4/c1-13-19(20(24-28-13)16-9-4-5-10-17(16)22)21(25)23-12-18(27-3)14-7-6-8-15(11-14)26-2/h4-11,18H,12H2,1-3H3,(H,23,25). The number of nitrogens with zero attached hydrogens (tertiary/aromatic N) is 1. The summed E-state index contributed by atoms with van der Waals surface area (Å²) in [5.74, 6) is 0.836. The second kappa shape index (κ2) is 8.91. The molecule has 0 fully saturated rings. The zero-order valence-electron chi connectivity index (χ0n) is 15.9. The van der Waals surface area contributed by atoms with Gasteiger partial charge in [0.1, 0.15) is 22.8 Å². The van der Waals surface area contributed by atoms with Gasteiger partial charge in [-0.05, 0) is 30.7 Å². The van der Waals surface area contributed by atoms with Gasteiger partial charge in [-0.15, -0.1) is 0 Å². The van der Waals surface area contributed by atoms with Gasteiger partial charge in [0.25, 0.3) is 5.91 Å². The van der Waals surface area contributed by atoms with Crippen molar-refractivity contribution in [1.82, 2.24) is 10.5 Å². The van der Waals surface area contributed by atoms with Gasteiger partial charge < -0.3 is 19.3 Å². The Morgan fingerprint density at radius 3 is 2.71 bits per heavy atom. The molecule has 1 heterocycles. The first-order chi connectivity index (χ1) is 13.5. The molecule has 0 saturated carbocycles. The zero-order valence-corrected chi connectivity index (χ0v) is 16.6. The molecule has 0 saturated heterocycles. The van der Waals surface area contributed by atoms with Crippen LogP contribution in [0.15, 0.2) is 53.1 Å². The Morgan fingerprint density at radius 2 is 2.00 bits per heavy atom. The molecule has 6 nitrogen and oxygen atoms in total. The molecule has 1 amide bonds. The van der Waals surface area contributed by atoms with Crippen molar-refractivity contribution >= 4 is 17.5 Å². The summed E-state index contributed by atoms with van der Waals surface area (Å²) < 4.78 is 16.0. The van der Waals surface area contributed by atoms with Crippen molar-refractivity contribution < 1.29 is 18.8 Å². The van der Waals surface area contributed by atoms with Crippen LogP contribution in [0.4, 0.5) is 0 Å². The highest BCUT2D eigenvalue weighted by atomic mass is 35.5. The van der Waals surface area contributed by atoms with E-state index in [9.17, 15) is 4.79 Å². The fourth-order valence-corrected chi connectivity index (χ4v) is 3.15. The topological polar surface area (TPSA) is 73.6 Å². The van der Waals surface area contributed by atoms with Crippen LogP contribution in [0.25, 0.3) is 11.3 Å². The molecule has 1 unspecified atom stereocenters. The van der Waals surface area contributed by atoms with Crippen molar-refractivity contribution in [2.75, 3.05) is 20.8 Å². The molecule has 1 N–H and O–H groups in total. The summed E-state index contributed by atoms with van der Waals surface area (Å²) in [6.07, 6.45) is -0.331. The van der Waals surface area contributed by atoms with Crippen molar-refractivity contribution in [2.45, 2.75) is 13.0 Å². The quantitative estimate of drug-likeness (QED) is 0.635. The maximum absolute atomic E-state index is 12.9. The Kier molecular flexibility index (Phi) is 6.34. The fraction of sp³-hybridized carbons (Fsp3) is 0.238. The van der Waals surface area contributed by atoms with E-state index in [1.165, 1.54) is 0 Å². The highest BCUT2D eigenvalue weighted by Crippen LogP contribution is 2.31. The SMILES string of the molecule is COc1cccc(C(CNC(=O)c2c(-c3ccccc3Cl)noc2C)OC)c1. The van der Waals surface area contributed by atoms with Crippen molar-refractivity contribution in [3.05, 3.63) is 70.4 Å². The monoisotopic (exact) mass is 400 g/mol. The Balaban J connectivity index is 1.80. The maximum atomic E-state index is 12.9. The molecule has 3 rings (SSSR count). The summed E-state index contributed by atoms with van der Waals surface area (Å²) >= 11 is 6.26. The van der Waals surface area contributed by atoms with Gasteiger partial charge in [-0.2, -0.15) is 0 Å². The number of carbonyl (C=O) groups excluding carboxylic acids is 1. The summed E-state index contributed by atoms with van der Waals surface area (Å²) in [6, 6.07) is 14.7. The number of rotatable bonds is 7. The van der Waals surface area contributed by atoms with Crippen LogP contribution < -0.4 is 10.1 Å². The Labute approximate surface area is 168 Å². The van der Waals surface area contributed by atoms with Gasteiger partial charge >= 0.3 is 0 Å². The first kappa shape index (κ1) is 19.9. The van der Waals surface area contributed by atoms with Crippen LogP contribution in [0.1, 0.15) is 27.8 Å². The molecule has 0 aliphatic carbocycles. The molecule has 146 valence electrons. The molecule has 3 aromatic rings. The number of carbonyl (C=O) groups is 1. The minimum atomic E-state index is -0.331. The Hall–Kier alpha value is -2.83. The molecule has 0 aliphatic heterocycles. The number of halogens is 1. The zero-order chi connectivity index (χ0) is 20.1. The van der Waals surface area contributed by atoms with E-state index in [2.05, 4.69) is 10.5 Å². The number of nitrogens with one attached hydrogen (secondary N) is 1.